The van der Waals surface area contributed by atoms with Crippen molar-refractivity contribution in [3.05, 3.63) is 23.5 Å². The summed E-state index contributed by atoms with van der Waals surface area (Å²) < 4.78 is 7.69. The van der Waals surface area contributed by atoms with Crippen LogP contribution in [0, 0.1) is 11.3 Å². The van der Waals surface area contributed by atoms with Gasteiger partial charge in [0.25, 0.3) is 0 Å². The first-order chi connectivity index (χ1) is 7.35. The highest BCUT2D eigenvalue weighted by atomic mass is 16.5. The minimum Gasteiger partial charge on any atom is -0.376 e. The quantitative estimate of drug-likeness (QED) is 0.756. The molecular weight excluding hydrogens is 188 g/mol. The molecule has 3 nitrogen and oxygen atoms in total. The van der Waals surface area contributed by atoms with E-state index in [4.69, 9.17) is 10.00 Å². The van der Waals surface area contributed by atoms with Crippen LogP contribution in [0.5, 0.6) is 0 Å². The van der Waals surface area contributed by atoms with Crippen molar-refractivity contribution in [3.63, 3.8) is 0 Å². The summed E-state index contributed by atoms with van der Waals surface area (Å²) in [5.74, 6) is 0. The Morgan fingerprint density at radius 3 is 3.07 bits per heavy atom. The molecule has 1 aliphatic rings. The molecule has 0 unspecified atom stereocenters. The van der Waals surface area contributed by atoms with Gasteiger partial charge in [0.2, 0.25) is 0 Å². The van der Waals surface area contributed by atoms with E-state index in [1.165, 1.54) is 5.69 Å². The fourth-order valence-corrected chi connectivity index (χ4v) is 2.12. The zero-order valence-electron chi connectivity index (χ0n) is 9.07. The van der Waals surface area contributed by atoms with Crippen molar-refractivity contribution in [2.24, 2.45) is 0 Å². The van der Waals surface area contributed by atoms with E-state index in [0.717, 1.165) is 38.1 Å². The van der Waals surface area contributed by atoms with Crippen molar-refractivity contribution >= 4 is 0 Å². The van der Waals surface area contributed by atoms with Crippen molar-refractivity contribution in [1.29, 1.82) is 5.26 Å². The molecule has 0 aromatic carbocycles. The lowest BCUT2D eigenvalue weighted by atomic mass is 10.2. The molecule has 3 heteroatoms. The Morgan fingerprint density at radius 2 is 2.47 bits per heavy atom. The van der Waals surface area contributed by atoms with Crippen molar-refractivity contribution in [1.82, 2.24) is 4.57 Å². The van der Waals surface area contributed by atoms with Gasteiger partial charge < -0.3 is 9.30 Å². The number of hydrogen-bond donors (Lipinski definition) is 0. The maximum absolute atomic E-state index is 8.99. The highest BCUT2D eigenvalue weighted by Gasteiger charge is 2.18. The Bertz CT molecular complexity index is 369. The first-order valence-corrected chi connectivity index (χ1v) is 5.55. The average Bonchev–Trinajstić information content (AvgIpc) is 2.87. The average molecular weight is 204 g/mol. The second kappa shape index (κ2) is 4.50. The lowest BCUT2D eigenvalue weighted by Gasteiger charge is -2.14. The van der Waals surface area contributed by atoms with Gasteiger partial charge in [0.15, 0.2) is 0 Å². The number of ether oxygens (including phenoxy) is 1. The summed E-state index contributed by atoms with van der Waals surface area (Å²) in [5.41, 5.74) is 1.98. The van der Waals surface area contributed by atoms with Gasteiger partial charge in [0.05, 0.1) is 6.10 Å². The van der Waals surface area contributed by atoms with Gasteiger partial charge in [-0.2, -0.15) is 5.26 Å². The van der Waals surface area contributed by atoms with E-state index >= 15 is 0 Å². The van der Waals surface area contributed by atoms with Gasteiger partial charge in [-0.25, -0.2) is 0 Å². The molecule has 0 spiro atoms. The molecule has 80 valence electrons. The van der Waals surface area contributed by atoms with Crippen molar-refractivity contribution in [2.75, 3.05) is 6.61 Å². The lowest BCUT2D eigenvalue weighted by Crippen LogP contribution is -2.17. The van der Waals surface area contributed by atoms with Gasteiger partial charge in [-0.05, 0) is 31.4 Å². The van der Waals surface area contributed by atoms with Crippen molar-refractivity contribution in [3.8, 4) is 6.07 Å². The number of rotatable bonds is 3. The first-order valence-electron chi connectivity index (χ1n) is 5.55. The van der Waals surface area contributed by atoms with Crippen molar-refractivity contribution < 1.29 is 4.74 Å². The fourth-order valence-electron chi connectivity index (χ4n) is 2.12. The molecule has 0 N–H and O–H groups in total. The van der Waals surface area contributed by atoms with Gasteiger partial charge >= 0.3 is 0 Å². The maximum Gasteiger partial charge on any atom is 0.120 e. The third-order valence-corrected chi connectivity index (χ3v) is 2.96. The molecule has 2 rings (SSSR count). The van der Waals surface area contributed by atoms with Crippen LogP contribution in [0.2, 0.25) is 0 Å². The third-order valence-electron chi connectivity index (χ3n) is 2.96. The van der Waals surface area contributed by atoms with Crippen LogP contribution < -0.4 is 0 Å². The molecule has 0 amide bonds. The van der Waals surface area contributed by atoms with Gasteiger partial charge in [-0.3, -0.25) is 0 Å². The van der Waals surface area contributed by atoms with E-state index < -0.39 is 0 Å². The lowest BCUT2D eigenvalue weighted by molar-refractivity contribution is 0.0963. The fraction of sp³-hybridized carbons (Fsp3) is 0.583. The number of nitriles is 1. The van der Waals surface area contributed by atoms with Gasteiger partial charge in [-0.15, -0.1) is 0 Å². The summed E-state index contributed by atoms with van der Waals surface area (Å²) >= 11 is 0. The molecule has 0 aliphatic carbocycles. The molecule has 1 aromatic rings. The topological polar surface area (TPSA) is 38.0 Å². The summed E-state index contributed by atoms with van der Waals surface area (Å²) in [6.45, 7) is 3.82. The van der Waals surface area contributed by atoms with Gasteiger partial charge in [-0.1, -0.05) is 6.92 Å². The number of aryl methyl sites for hydroxylation is 1. The highest BCUT2D eigenvalue weighted by molar-refractivity contribution is 5.27. The van der Waals surface area contributed by atoms with Crippen LogP contribution in [0.3, 0.4) is 0 Å². The molecule has 15 heavy (non-hydrogen) atoms. The predicted molar refractivity (Wildman–Crippen MR) is 57.5 cm³/mol. The summed E-state index contributed by atoms with van der Waals surface area (Å²) in [5, 5.41) is 8.99. The molecule has 1 atom stereocenters. The molecule has 0 saturated carbocycles. The number of aromatic nitrogens is 1. The standard InChI is InChI=1S/C12H16N2O/c1-2-10-5-6-11(8-13)14(10)9-12-4-3-7-15-12/h5-6,12H,2-4,7,9H2,1H3/t12-/m1/s1. The second-order valence-corrected chi connectivity index (χ2v) is 3.92. The summed E-state index contributed by atoms with van der Waals surface area (Å²) in [7, 11) is 0. The molecule has 0 bridgehead atoms. The zero-order chi connectivity index (χ0) is 10.7. The monoisotopic (exact) mass is 204 g/mol. The number of nitrogens with zero attached hydrogens (tertiary/aromatic N) is 2. The molecule has 0 radical (unpaired) electrons. The zero-order valence-corrected chi connectivity index (χ0v) is 9.07. The van der Waals surface area contributed by atoms with E-state index in [1.807, 2.05) is 12.1 Å². The Hall–Kier alpha value is -1.27. The van der Waals surface area contributed by atoms with Gasteiger partial charge in [0, 0.05) is 18.8 Å². The molecule has 1 aliphatic heterocycles. The van der Waals surface area contributed by atoms with Crippen LogP contribution in [0.15, 0.2) is 12.1 Å². The van der Waals surface area contributed by atoms with E-state index in [1.54, 1.807) is 0 Å². The Kier molecular flexibility index (Phi) is 3.08. The molecular formula is C12H16N2O. The number of hydrogen-bond acceptors (Lipinski definition) is 2. The second-order valence-electron chi connectivity index (χ2n) is 3.92. The van der Waals surface area contributed by atoms with E-state index in [0.29, 0.717) is 6.10 Å². The summed E-state index contributed by atoms with van der Waals surface area (Å²) in [6, 6.07) is 6.16. The molecule has 1 saturated heterocycles. The van der Waals surface area contributed by atoms with Crippen molar-refractivity contribution in [2.45, 2.75) is 38.8 Å². The summed E-state index contributed by atoms with van der Waals surface area (Å²) in [4.78, 5) is 0. The van der Waals surface area contributed by atoms with Crippen LogP contribution in [0.1, 0.15) is 31.2 Å². The molecule has 2 heterocycles. The van der Waals surface area contributed by atoms with Gasteiger partial charge in [0.1, 0.15) is 11.8 Å². The highest BCUT2D eigenvalue weighted by Crippen LogP contribution is 2.17. The van der Waals surface area contributed by atoms with Crippen LogP contribution >= 0.6 is 0 Å². The predicted octanol–water partition coefficient (Wildman–Crippen LogP) is 2.10. The van der Waals surface area contributed by atoms with Crippen LogP contribution in [-0.2, 0) is 17.7 Å². The SMILES string of the molecule is CCc1ccc(C#N)n1C[C@H]1CCCO1. The third kappa shape index (κ3) is 2.05. The normalized spacial score (nSPS) is 20.4. The molecule has 1 fully saturated rings. The Balaban J connectivity index is 2.17. The van der Waals surface area contributed by atoms with Crippen LogP contribution in [0.25, 0.3) is 0 Å². The molecule has 1 aromatic heterocycles. The maximum atomic E-state index is 8.99. The Morgan fingerprint density at radius 1 is 1.60 bits per heavy atom. The smallest absolute Gasteiger partial charge is 0.120 e. The first kappa shape index (κ1) is 10.3. The van der Waals surface area contributed by atoms with E-state index in [9.17, 15) is 0 Å². The Labute approximate surface area is 90.3 Å². The van der Waals surface area contributed by atoms with E-state index in [-0.39, 0.29) is 0 Å². The minimum absolute atomic E-state index is 0.301. The van der Waals surface area contributed by atoms with Crippen LogP contribution in [0.4, 0.5) is 0 Å². The minimum atomic E-state index is 0.301. The van der Waals surface area contributed by atoms with E-state index in [2.05, 4.69) is 17.6 Å². The summed E-state index contributed by atoms with van der Waals surface area (Å²) in [6.07, 6.45) is 3.53. The van der Waals surface area contributed by atoms with Crippen LogP contribution in [-0.4, -0.2) is 17.3 Å². The largest absolute Gasteiger partial charge is 0.376 e.